The lowest BCUT2D eigenvalue weighted by Gasteiger charge is -2.14. The Morgan fingerprint density at radius 3 is 2.09 bits per heavy atom. The lowest BCUT2D eigenvalue weighted by atomic mass is 10.1. The molecule has 8 heteroatoms. The summed E-state index contributed by atoms with van der Waals surface area (Å²) in [4.78, 5) is 48.2. The van der Waals surface area contributed by atoms with Crippen molar-refractivity contribution in [2.45, 2.75) is 20.8 Å². The third kappa shape index (κ3) is 5.91. The number of hydrogen-bond donors (Lipinski definition) is 1. The van der Waals surface area contributed by atoms with Crippen molar-refractivity contribution in [3.05, 3.63) is 71.8 Å². The lowest BCUT2D eigenvalue weighted by Crippen LogP contribution is -2.17. The summed E-state index contributed by atoms with van der Waals surface area (Å²) in [6, 6.07) is 8.17. The number of Topliss-reactive ketones (excluding diaryl/α,β-unsaturated/α-hetero) is 2. The van der Waals surface area contributed by atoms with E-state index < -0.39 is 30.1 Å². The van der Waals surface area contributed by atoms with Gasteiger partial charge in [0.15, 0.2) is 35.4 Å². The van der Waals surface area contributed by atoms with Gasteiger partial charge in [-0.2, -0.15) is 0 Å². The molecule has 166 valence electrons. The van der Waals surface area contributed by atoms with Crippen LogP contribution in [0.15, 0.2) is 60.7 Å². The molecule has 32 heavy (non-hydrogen) atoms. The van der Waals surface area contributed by atoms with Gasteiger partial charge < -0.3 is 19.3 Å². The molecule has 0 aromatic heterocycles. The maximum atomic E-state index is 12.7. The van der Waals surface area contributed by atoms with Gasteiger partial charge in [-0.1, -0.05) is 19.2 Å². The molecule has 0 saturated carbocycles. The topological polar surface area (TPSA) is 116 Å². The number of benzene rings is 2. The van der Waals surface area contributed by atoms with E-state index in [2.05, 4.69) is 13.2 Å². The SMILES string of the molecule is C=C(C)C(=O)Oc1cc(C(C)=O)ccc1OCC(=O)c1cccc(O)c1OC(=O)C(=C)C. The molecule has 0 aliphatic rings. The van der Waals surface area contributed by atoms with Gasteiger partial charge in [-0.25, -0.2) is 9.59 Å². The standard InChI is InChI=1S/C24H22O8/c1-13(2)23(28)31-21-11-16(15(5)25)9-10-20(21)30-12-19(27)17-7-6-8-18(26)22(17)32-24(29)14(3)4/h6-11,26H,1,3,12H2,2,4-5H3. The van der Waals surface area contributed by atoms with Gasteiger partial charge in [-0.3, -0.25) is 9.59 Å². The van der Waals surface area contributed by atoms with Crippen molar-refractivity contribution in [3.8, 4) is 23.0 Å². The van der Waals surface area contributed by atoms with Crippen LogP contribution in [-0.4, -0.2) is 35.2 Å². The van der Waals surface area contributed by atoms with Gasteiger partial charge in [0, 0.05) is 16.7 Å². The number of para-hydroxylation sites is 1. The quantitative estimate of drug-likeness (QED) is 0.272. The number of rotatable bonds is 9. The van der Waals surface area contributed by atoms with Crippen LogP contribution in [0.25, 0.3) is 0 Å². The molecule has 2 aromatic rings. The third-order valence-corrected chi connectivity index (χ3v) is 4.10. The zero-order chi connectivity index (χ0) is 24.0. The van der Waals surface area contributed by atoms with Gasteiger partial charge in [0.1, 0.15) is 0 Å². The van der Waals surface area contributed by atoms with Gasteiger partial charge in [0.05, 0.1) is 5.56 Å². The van der Waals surface area contributed by atoms with Crippen molar-refractivity contribution in [1.82, 2.24) is 0 Å². The van der Waals surface area contributed by atoms with Crippen molar-refractivity contribution in [3.63, 3.8) is 0 Å². The molecule has 8 nitrogen and oxygen atoms in total. The Balaban J connectivity index is 2.30. The molecule has 0 saturated heterocycles. The first-order valence-electron chi connectivity index (χ1n) is 9.39. The highest BCUT2D eigenvalue weighted by Crippen LogP contribution is 2.33. The van der Waals surface area contributed by atoms with E-state index >= 15 is 0 Å². The minimum atomic E-state index is -0.810. The van der Waals surface area contributed by atoms with Crippen LogP contribution in [0.4, 0.5) is 0 Å². The van der Waals surface area contributed by atoms with E-state index in [9.17, 15) is 24.3 Å². The summed E-state index contributed by atoms with van der Waals surface area (Å²) in [6.07, 6.45) is 0. The van der Waals surface area contributed by atoms with Crippen molar-refractivity contribution >= 4 is 23.5 Å². The third-order valence-electron chi connectivity index (χ3n) is 4.10. The number of carbonyl (C=O) groups is 4. The van der Waals surface area contributed by atoms with E-state index in [0.29, 0.717) is 0 Å². The monoisotopic (exact) mass is 438 g/mol. The molecular formula is C24H22O8. The highest BCUT2D eigenvalue weighted by atomic mass is 16.6. The molecule has 2 aromatic carbocycles. The molecular weight excluding hydrogens is 416 g/mol. The van der Waals surface area contributed by atoms with Crippen molar-refractivity contribution in [2.75, 3.05) is 6.61 Å². The molecule has 0 aliphatic carbocycles. The number of hydrogen-bond acceptors (Lipinski definition) is 8. The van der Waals surface area contributed by atoms with Gasteiger partial charge in [0.2, 0.25) is 5.78 Å². The predicted octanol–water partition coefficient (Wildman–Crippen LogP) is 3.82. The van der Waals surface area contributed by atoms with E-state index in [1.807, 2.05) is 0 Å². The molecule has 1 N–H and O–H groups in total. The fourth-order valence-corrected chi connectivity index (χ4v) is 2.37. The fourth-order valence-electron chi connectivity index (χ4n) is 2.37. The van der Waals surface area contributed by atoms with Crippen molar-refractivity contribution < 1.29 is 38.5 Å². The zero-order valence-corrected chi connectivity index (χ0v) is 17.9. The molecule has 0 atom stereocenters. The summed E-state index contributed by atoms with van der Waals surface area (Å²) in [5.74, 6) is -3.20. The summed E-state index contributed by atoms with van der Waals surface area (Å²) < 4.78 is 15.8. The van der Waals surface area contributed by atoms with Crippen LogP contribution in [-0.2, 0) is 9.59 Å². The van der Waals surface area contributed by atoms with Gasteiger partial charge in [0.25, 0.3) is 0 Å². The van der Waals surface area contributed by atoms with Crippen molar-refractivity contribution in [2.24, 2.45) is 0 Å². The number of aromatic hydroxyl groups is 1. The molecule has 0 fully saturated rings. The van der Waals surface area contributed by atoms with E-state index in [0.717, 1.165) is 0 Å². The largest absolute Gasteiger partial charge is 0.504 e. The summed E-state index contributed by atoms with van der Waals surface area (Å²) in [6.45, 7) is 10.6. The van der Waals surface area contributed by atoms with Crippen molar-refractivity contribution in [1.29, 1.82) is 0 Å². The lowest BCUT2D eigenvalue weighted by molar-refractivity contribution is -0.131. The van der Waals surface area contributed by atoms with Crippen LogP contribution in [0.1, 0.15) is 41.5 Å². The summed E-state index contributed by atoms with van der Waals surface area (Å²) in [5, 5.41) is 10.0. The Labute approximate surface area is 184 Å². The molecule has 0 unspecified atom stereocenters. The molecule has 0 amide bonds. The second-order valence-corrected chi connectivity index (χ2v) is 6.92. The number of ether oxygens (including phenoxy) is 3. The molecule has 0 radical (unpaired) electrons. The predicted molar refractivity (Wildman–Crippen MR) is 115 cm³/mol. The fraction of sp³-hybridized carbons (Fsp3) is 0.167. The van der Waals surface area contributed by atoms with Gasteiger partial charge in [-0.15, -0.1) is 0 Å². The molecule has 0 bridgehead atoms. The molecule has 0 spiro atoms. The van der Waals surface area contributed by atoms with Crippen LogP contribution < -0.4 is 14.2 Å². The number of esters is 2. The number of carbonyl (C=O) groups excluding carboxylic acids is 4. The van der Waals surface area contributed by atoms with E-state index in [1.54, 1.807) is 0 Å². The second-order valence-electron chi connectivity index (χ2n) is 6.92. The Morgan fingerprint density at radius 1 is 0.875 bits per heavy atom. The number of ketones is 2. The first kappa shape index (κ1) is 24.1. The highest BCUT2D eigenvalue weighted by Gasteiger charge is 2.21. The second kappa shape index (κ2) is 10.2. The Morgan fingerprint density at radius 2 is 1.50 bits per heavy atom. The summed E-state index contributed by atoms with van der Waals surface area (Å²) in [7, 11) is 0. The normalized spacial score (nSPS) is 10.1. The smallest absolute Gasteiger partial charge is 0.338 e. The Kier molecular flexibility index (Phi) is 7.68. The van der Waals surface area contributed by atoms with Crippen LogP contribution in [0.5, 0.6) is 23.0 Å². The van der Waals surface area contributed by atoms with Gasteiger partial charge in [-0.05, 0) is 51.1 Å². The number of phenolic OH excluding ortho intramolecular Hbond substituents is 1. The average molecular weight is 438 g/mol. The minimum absolute atomic E-state index is 0.0265. The molecule has 0 heterocycles. The summed E-state index contributed by atoms with van der Waals surface area (Å²) in [5.41, 5.74) is 0.386. The van der Waals surface area contributed by atoms with Crippen LogP contribution in [0.2, 0.25) is 0 Å². The molecule has 0 aliphatic heterocycles. The zero-order valence-electron chi connectivity index (χ0n) is 17.9. The Hall–Kier alpha value is -4.20. The van der Waals surface area contributed by atoms with Crippen LogP contribution in [0.3, 0.4) is 0 Å². The van der Waals surface area contributed by atoms with Crippen LogP contribution >= 0.6 is 0 Å². The van der Waals surface area contributed by atoms with Crippen LogP contribution in [0, 0.1) is 0 Å². The van der Waals surface area contributed by atoms with Gasteiger partial charge >= 0.3 is 11.9 Å². The minimum Gasteiger partial charge on any atom is -0.504 e. The Bertz CT molecular complexity index is 1130. The van der Waals surface area contributed by atoms with E-state index in [4.69, 9.17) is 14.2 Å². The molecule has 2 rings (SSSR count). The highest BCUT2D eigenvalue weighted by molar-refractivity contribution is 6.02. The first-order valence-corrected chi connectivity index (χ1v) is 9.39. The maximum absolute atomic E-state index is 12.7. The first-order chi connectivity index (χ1) is 15.0. The summed E-state index contributed by atoms with van der Waals surface area (Å²) >= 11 is 0. The van der Waals surface area contributed by atoms with E-state index in [1.165, 1.54) is 57.2 Å². The maximum Gasteiger partial charge on any atom is 0.338 e. The number of phenols is 1. The van der Waals surface area contributed by atoms with E-state index in [-0.39, 0.29) is 45.3 Å². The average Bonchev–Trinajstić information content (AvgIpc) is 2.73.